The molecule has 2 aliphatic heterocycles. The third-order valence-electron chi connectivity index (χ3n) is 5.93. The number of anilines is 2. The number of likely N-dealkylation sites (tertiary alicyclic amines) is 1. The minimum atomic E-state index is -0.611. The average Bonchev–Trinajstić information content (AvgIpc) is 3.49. The summed E-state index contributed by atoms with van der Waals surface area (Å²) in [4.78, 5) is 43.3. The third-order valence-corrected chi connectivity index (χ3v) is 6.21. The van der Waals surface area contributed by atoms with Crippen LogP contribution in [-0.2, 0) is 0 Å². The number of hydrogen-bond donors (Lipinski definition) is 4. The Morgan fingerprint density at radius 2 is 1.97 bits per heavy atom. The van der Waals surface area contributed by atoms with Crippen LogP contribution in [0.15, 0.2) is 46.1 Å². The Labute approximate surface area is 209 Å². The van der Waals surface area contributed by atoms with Crippen molar-refractivity contribution in [2.24, 2.45) is 4.99 Å². The first-order valence-electron chi connectivity index (χ1n) is 11.0. The van der Waals surface area contributed by atoms with Crippen LogP contribution in [0.4, 0.5) is 11.6 Å². The Kier molecular flexibility index (Phi) is 6.06. The minimum absolute atomic E-state index is 0.0610. The maximum absolute atomic E-state index is 12.9. The number of nitrogens with zero attached hydrogens (tertiary/aromatic N) is 5. The van der Waals surface area contributed by atoms with Gasteiger partial charge in [0.15, 0.2) is 34.2 Å². The fourth-order valence-electron chi connectivity index (χ4n) is 4.00. The Morgan fingerprint density at radius 3 is 2.72 bits per heavy atom. The van der Waals surface area contributed by atoms with Crippen molar-refractivity contribution in [1.82, 2.24) is 30.5 Å². The molecule has 0 bridgehead atoms. The first-order chi connectivity index (χ1) is 17.3. The van der Waals surface area contributed by atoms with Crippen molar-refractivity contribution in [3.63, 3.8) is 0 Å². The van der Waals surface area contributed by atoms with Gasteiger partial charge in [-0.1, -0.05) is 11.6 Å². The van der Waals surface area contributed by atoms with Crippen molar-refractivity contribution >= 4 is 41.0 Å². The molecule has 5 heterocycles. The largest absolute Gasteiger partial charge is 0.424 e. The van der Waals surface area contributed by atoms with Crippen LogP contribution in [0.25, 0.3) is 0 Å². The predicted molar refractivity (Wildman–Crippen MR) is 130 cm³/mol. The fraction of sp³-hybridized carbons (Fsp3) is 0.273. The van der Waals surface area contributed by atoms with Crippen molar-refractivity contribution in [3.05, 3.63) is 53.3 Å². The molecule has 2 aliphatic rings. The topological polar surface area (TPSA) is 187 Å². The summed E-state index contributed by atoms with van der Waals surface area (Å²) in [5.74, 6) is 0.156. The molecule has 2 amide bonds. The zero-order valence-corrected chi connectivity index (χ0v) is 19.7. The lowest BCUT2D eigenvalue weighted by Crippen LogP contribution is -2.56. The smallest absolute Gasteiger partial charge is 0.290 e. The summed E-state index contributed by atoms with van der Waals surface area (Å²) in [6, 6.07) is 6.66. The van der Waals surface area contributed by atoms with Crippen LogP contribution in [0.2, 0.25) is 5.15 Å². The van der Waals surface area contributed by atoms with Crippen molar-refractivity contribution in [2.45, 2.75) is 18.4 Å². The molecule has 186 valence electrons. The molecule has 1 saturated heterocycles. The molecule has 6 N–H and O–H groups in total. The first kappa shape index (κ1) is 23.4. The highest BCUT2D eigenvalue weighted by Gasteiger charge is 2.40. The molecule has 14 heteroatoms. The SMILES string of the molecule is Nc1nc(N)c(C(=O)NC2=NCC3(CCN(C(=O)c4ccc(Oc5cccnc5)o4)CC3)N2)nc1Cl. The van der Waals surface area contributed by atoms with Gasteiger partial charge in [0.05, 0.1) is 18.3 Å². The molecular formula is C22H22ClN9O4. The van der Waals surface area contributed by atoms with E-state index in [0.717, 1.165) is 0 Å². The van der Waals surface area contributed by atoms with Gasteiger partial charge in [0.25, 0.3) is 17.8 Å². The first-order valence-corrected chi connectivity index (χ1v) is 11.4. The number of ether oxygens (including phenoxy) is 1. The molecule has 0 aromatic carbocycles. The Bertz CT molecular complexity index is 1340. The van der Waals surface area contributed by atoms with Gasteiger partial charge in [0.1, 0.15) is 5.75 Å². The molecule has 13 nitrogen and oxygen atoms in total. The van der Waals surface area contributed by atoms with Gasteiger partial charge in [0.2, 0.25) is 0 Å². The predicted octanol–water partition coefficient (Wildman–Crippen LogP) is 1.44. The molecule has 0 saturated carbocycles. The molecule has 5 rings (SSSR count). The van der Waals surface area contributed by atoms with Crippen molar-refractivity contribution in [3.8, 4) is 11.7 Å². The van der Waals surface area contributed by atoms with Crippen LogP contribution in [0.3, 0.4) is 0 Å². The van der Waals surface area contributed by atoms with E-state index in [9.17, 15) is 9.59 Å². The maximum Gasteiger partial charge on any atom is 0.290 e. The molecule has 0 unspecified atom stereocenters. The van der Waals surface area contributed by atoms with Gasteiger partial charge in [-0.2, -0.15) is 0 Å². The summed E-state index contributed by atoms with van der Waals surface area (Å²) in [5.41, 5.74) is 10.8. The second kappa shape index (κ2) is 9.34. The number of aliphatic imine (C=N–C) groups is 1. The molecule has 1 fully saturated rings. The summed E-state index contributed by atoms with van der Waals surface area (Å²) in [7, 11) is 0. The number of aromatic nitrogens is 3. The molecular weight excluding hydrogens is 490 g/mol. The number of carbonyl (C=O) groups excluding carboxylic acids is 2. The highest BCUT2D eigenvalue weighted by atomic mass is 35.5. The van der Waals surface area contributed by atoms with Crippen LogP contribution >= 0.6 is 11.6 Å². The van der Waals surface area contributed by atoms with Crippen LogP contribution in [0, 0.1) is 0 Å². The van der Waals surface area contributed by atoms with Crippen molar-refractivity contribution < 1.29 is 18.7 Å². The number of piperidine rings is 1. The van der Waals surface area contributed by atoms with Crippen LogP contribution in [0.1, 0.15) is 33.9 Å². The number of amides is 2. The summed E-state index contributed by atoms with van der Waals surface area (Å²) in [6.45, 7) is 1.40. The van der Waals surface area contributed by atoms with E-state index in [4.69, 9.17) is 32.2 Å². The molecule has 36 heavy (non-hydrogen) atoms. The lowest BCUT2D eigenvalue weighted by atomic mass is 9.88. The fourth-order valence-corrected chi connectivity index (χ4v) is 4.12. The standard InChI is InChI=1S/C22H22ClN9O4/c23-16-18(25)29-17(24)15(28-16)19(33)30-21-27-11-22(31-21)5-8-32(9-6-22)20(34)13-3-4-14(36-13)35-12-2-1-7-26-10-12/h1-4,7,10H,5-6,8-9,11H2,(H4,24,25,29)(H2,27,30,31,33). The summed E-state index contributed by atoms with van der Waals surface area (Å²) >= 11 is 5.86. The van der Waals surface area contributed by atoms with Gasteiger partial charge >= 0.3 is 0 Å². The van der Waals surface area contributed by atoms with Gasteiger partial charge in [-0.25, -0.2) is 9.97 Å². The van der Waals surface area contributed by atoms with Gasteiger partial charge in [-0.05, 0) is 31.0 Å². The van der Waals surface area contributed by atoms with E-state index in [1.165, 1.54) is 0 Å². The molecule has 0 radical (unpaired) electrons. The second-order valence-corrected chi connectivity index (χ2v) is 8.72. The van der Waals surface area contributed by atoms with E-state index in [-0.39, 0.29) is 51.6 Å². The second-order valence-electron chi connectivity index (χ2n) is 8.36. The van der Waals surface area contributed by atoms with E-state index in [0.29, 0.717) is 38.2 Å². The zero-order valence-electron chi connectivity index (χ0n) is 18.9. The summed E-state index contributed by atoms with van der Waals surface area (Å²) < 4.78 is 11.2. The van der Waals surface area contributed by atoms with Crippen LogP contribution in [0.5, 0.6) is 11.7 Å². The highest BCUT2D eigenvalue weighted by Crippen LogP contribution is 2.28. The number of halogens is 1. The third kappa shape index (κ3) is 4.73. The maximum atomic E-state index is 12.9. The molecule has 1 spiro atoms. The number of nitrogen functional groups attached to an aromatic ring is 2. The number of pyridine rings is 1. The quantitative estimate of drug-likeness (QED) is 0.399. The monoisotopic (exact) mass is 511 g/mol. The highest BCUT2D eigenvalue weighted by molar-refractivity contribution is 6.31. The summed E-state index contributed by atoms with van der Waals surface area (Å²) in [5, 5.41) is 5.79. The Morgan fingerprint density at radius 1 is 1.17 bits per heavy atom. The van der Waals surface area contributed by atoms with Gasteiger partial charge in [-0.3, -0.25) is 24.9 Å². The van der Waals surface area contributed by atoms with Gasteiger partial charge < -0.3 is 30.8 Å². The zero-order chi connectivity index (χ0) is 25.3. The van der Waals surface area contributed by atoms with E-state index >= 15 is 0 Å². The summed E-state index contributed by atoms with van der Waals surface area (Å²) in [6.07, 6.45) is 4.43. The Hall–Kier alpha value is -4.39. The Balaban J connectivity index is 1.15. The van der Waals surface area contributed by atoms with E-state index in [1.807, 2.05) is 0 Å². The van der Waals surface area contributed by atoms with E-state index in [1.54, 1.807) is 41.6 Å². The van der Waals surface area contributed by atoms with Crippen LogP contribution < -0.4 is 26.8 Å². The minimum Gasteiger partial charge on any atom is -0.424 e. The normalized spacial score (nSPS) is 16.4. The van der Waals surface area contributed by atoms with E-state index < -0.39 is 5.91 Å². The number of nitrogens with one attached hydrogen (secondary N) is 2. The molecule has 0 atom stereocenters. The van der Waals surface area contributed by atoms with Gasteiger partial charge in [-0.15, -0.1) is 0 Å². The lowest BCUT2D eigenvalue weighted by Gasteiger charge is -2.38. The van der Waals surface area contributed by atoms with Crippen LogP contribution in [-0.4, -0.2) is 62.8 Å². The van der Waals surface area contributed by atoms with Gasteiger partial charge in [0, 0.05) is 25.4 Å². The number of carbonyl (C=O) groups is 2. The van der Waals surface area contributed by atoms with E-state index in [2.05, 4.69) is 30.6 Å². The molecule has 3 aromatic rings. The number of guanidine groups is 1. The number of rotatable bonds is 4. The lowest BCUT2D eigenvalue weighted by molar-refractivity contribution is 0.0632. The molecule has 0 aliphatic carbocycles. The molecule has 3 aromatic heterocycles. The number of furan rings is 1. The number of nitrogens with two attached hydrogens (primary N) is 2. The van der Waals surface area contributed by atoms with Crippen molar-refractivity contribution in [1.29, 1.82) is 0 Å². The average molecular weight is 512 g/mol. The number of hydrogen-bond acceptors (Lipinski definition) is 11. The van der Waals surface area contributed by atoms with Crippen molar-refractivity contribution in [2.75, 3.05) is 31.1 Å².